The van der Waals surface area contributed by atoms with E-state index in [0.29, 0.717) is 22.1 Å². The third kappa shape index (κ3) is 4.13. The predicted molar refractivity (Wildman–Crippen MR) is 85.8 cm³/mol. The lowest BCUT2D eigenvalue weighted by molar-refractivity contribution is -0.122. The van der Waals surface area contributed by atoms with E-state index >= 15 is 0 Å². The van der Waals surface area contributed by atoms with Gasteiger partial charge in [-0.15, -0.1) is 0 Å². The Morgan fingerprint density at radius 1 is 1.29 bits per heavy atom. The Labute approximate surface area is 128 Å². The lowest BCUT2D eigenvalue weighted by atomic mass is 10.2. The molecule has 0 aliphatic carbocycles. The number of anilines is 2. The molecule has 1 atom stereocenters. The first-order valence-corrected chi connectivity index (χ1v) is 6.92. The van der Waals surface area contributed by atoms with Crippen molar-refractivity contribution in [3.8, 4) is 5.75 Å². The zero-order valence-electron chi connectivity index (χ0n) is 11.9. The van der Waals surface area contributed by atoms with E-state index in [4.69, 9.17) is 22.1 Å². The Bertz CT molecular complexity index is 658. The topological polar surface area (TPSA) is 64.3 Å². The van der Waals surface area contributed by atoms with E-state index in [1.54, 1.807) is 37.3 Å². The molecule has 2 aromatic rings. The summed E-state index contributed by atoms with van der Waals surface area (Å²) in [5.41, 5.74) is 7.96. The second-order valence-corrected chi connectivity index (χ2v) is 5.23. The summed E-state index contributed by atoms with van der Waals surface area (Å²) in [6, 6.07) is 12.4. The van der Waals surface area contributed by atoms with Crippen LogP contribution < -0.4 is 15.8 Å². The van der Waals surface area contributed by atoms with Crippen molar-refractivity contribution in [2.24, 2.45) is 0 Å². The maximum Gasteiger partial charge on any atom is 0.265 e. The number of amides is 1. The van der Waals surface area contributed by atoms with Crippen molar-refractivity contribution in [1.82, 2.24) is 0 Å². The largest absolute Gasteiger partial charge is 0.481 e. The fourth-order valence-electron chi connectivity index (χ4n) is 1.81. The molecule has 4 nitrogen and oxygen atoms in total. The van der Waals surface area contributed by atoms with Crippen molar-refractivity contribution < 1.29 is 9.53 Å². The first kappa shape index (κ1) is 15.2. The average molecular weight is 305 g/mol. The van der Waals surface area contributed by atoms with Crippen molar-refractivity contribution in [1.29, 1.82) is 0 Å². The summed E-state index contributed by atoms with van der Waals surface area (Å²) in [4.78, 5) is 12.1. The van der Waals surface area contributed by atoms with Gasteiger partial charge in [0.2, 0.25) is 0 Å². The minimum absolute atomic E-state index is 0.271. The zero-order chi connectivity index (χ0) is 15.4. The number of nitrogens with two attached hydrogens (primary N) is 1. The molecule has 0 aliphatic rings. The van der Waals surface area contributed by atoms with Gasteiger partial charge in [-0.1, -0.05) is 23.7 Å². The lowest BCUT2D eigenvalue weighted by Gasteiger charge is -2.16. The van der Waals surface area contributed by atoms with Crippen LogP contribution in [0, 0.1) is 6.92 Å². The molecule has 3 N–H and O–H groups in total. The molecule has 0 heterocycles. The normalized spacial score (nSPS) is 11.8. The number of rotatable bonds is 4. The second kappa shape index (κ2) is 6.50. The van der Waals surface area contributed by atoms with Gasteiger partial charge in [0.15, 0.2) is 6.10 Å². The highest BCUT2D eigenvalue weighted by Crippen LogP contribution is 2.21. The summed E-state index contributed by atoms with van der Waals surface area (Å²) in [7, 11) is 0. The van der Waals surface area contributed by atoms with E-state index in [2.05, 4.69) is 5.32 Å². The Kier molecular flexibility index (Phi) is 4.70. The molecule has 21 heavy (non-hydrogen) atoms. The summed E-state index contributed by atoms with van der Waals surface area (Å²) in [6.07, 6.45) is -0.664. The van der Waals surface area contributed by atoms with E-state index < -0.39 is 6.10 Å². The average Bonchev–Trinajstić information content (AvgIpc) is 2.43. The molecule has 1 amide bonds. The van der Waals surface area contributed by atoms with E-state index in [1.165, 1.54) is 0 Å². The highest BCUT2D eigenvalue weighted by atomic mass is 35.5. The zero-order valence-corrected chi connectivity index (χ0v) is 12.6. The molecule has 5 heteroatoms. The van der Waals surface area contributed by atoms with Crippen LogP contribution in [-0.4, -0.2) is 12.0 Å². The van der Waals surface area contributed by atoms with Crippen LogP contribution in [0.3, 0.4) is 0 Å². The third-order valence-corrected chi connectivity index (χ3v) is 3.18. The van der Waals surface area contributed by atoms with E-state index in [-0.39, 0.29) is 5.91 Å². The minimum atomic E-state index is -0.664. The summed E-state index contributed by atoms with van der Waals surface area (Å²) < 4.78 is 5.56. The van der Waals surface area contributed by atoms with Crippen LogP contribution in [0.2, 0.25) is 5.02 Å². The Hall–Kier alpha value is -2.20. The SMILES string of the molecule is Cc1ccc(N)c(NC(=O)C(C)Oc2cccc(Cl)c2)c1. The molecule has 0 radical (unpaired) electrons. The molecule has 110 valence electrons. The Morgan fingerprint density at radius 2 is 2.05 bits per heavy atom. The molecule has 0 fully saturated rings. The smallest absolute Gasteiger partial charge is 0.265 e. The minimum Gasteiger partial charge on any atom is -0.481 e. The third-order valence-electron chi connectivity index (χ3n) is 2.94. The van der Waals surface area contributed by atoms with Gasteiger partial charge < -0.3 is 15.8 Å². The van der Waals surface area contributed by atoms with Crippen LogP contribution in [-0.2, 0) is 4.79 Å². The number of ether oxygens (including phenoxy) is 1. The second-order valence-electron chi connectivity index (χ2n) is 4.80. The predicted octanol–water partition coefficient (Wildman–Crippen LogP) is 3.64. The van der Waals surface area contributed by atoms with Gasteiger partial charge in [0, 0.05) is 5.02 Å². The standard InChI is InChI=1S/C16H17ClN2O2/c1-10-6-7-14(18)15(8-10)19-16(20)11(2)21-13-5-3-4-12(17)9-13/h3-9,11H,18H2,1-2H3,(H,19,20). The molecule has 2 aromatic carbocycles. The van der Waals surface area contributed by atoms with Crippen molar-refractivity contribution in [3.05, 3.63) is 53.1 Å². The molecule has 0 aliphatic heterocycles. The maximum absolute atomic E-state index is 12.1. The Balaban J connectivity index is 2.04. The highest BCUT2D eigenvalue weighted by molar-refractivity contribution is 6.30. The van der Waals surface area contributed by atoms with Crippen LogP contribution in [0.5, 0.6) is 5.75 Å². The van der Waals surface area contributed by atoms with Gasteiger partial charge in [-0.25, -0.2) is 0 Å². The molecule has 0 saturated carbocycles. The van der Waals surface area contributed by atoms with Crippen LogP contribution in [0.15, 0.2) is 42.5 Å². The number of aryl methyl sites for hydroxylation is 1. The fraction of sp³-hybridized carbons (Fsp3) is 0.188. The first-order chi connectivity index (χ1) is 9.95. The van der Waals surface area contributed by atoms with Gasteiger partial charge in [0.1, 0.15) is 5.75 Å². The van der Waals surface area contributed by atoms with Crippen molar-refractivity contribution >= 4 is 28.9 Å². The highest BCUT2D eigenvalue weighted by Gasteiger charge is 2.16. The maximum atomic E-state index is 12.1. The van der Waals surface area contributed by atoms with Crippen LogP contribution >= 0.6 is 11.6 Å². The molecule has 0 spiro atoms. The van der Waals surface area contributed by atoms with Crippen LogP contribution in [0.25, 0.3) is 0 Å². The van der Waals surface area contributed by atoms with Gasteiger partial charge in [0.05, 0.1) is 11.4 Å². The molecule has 0 aromatic heterocycles. The van der Waals surface area contributed by atoms with Crippen LogP contribution in [0.4, 0.5) is 11.4 Å². The van der Waals surface area contributed by atoms with Gasteiger partial charge in [0.25, 0.3) is 5.91 Å². The number of hydrogen-bond acceptors (Lipinski definition) is 3. The van der Waals surface area contributed by atoms with Crippen molar-refractivity contribution in [2.45, 2.75) is 20.0 Å². The number of hydrogen-bond donors (Lipinski definition) is 2. The molecule has 0 saturated heterocycles. The number of nitrogen functional groups attached to an aromatic ring is 1. The molecular formula is C16H17ClN2O2. The number of carbonyl (C=O) groups is 1. The summed E-state index contributed by atoms with van der Waals surface area (Å²) in [5.74, 6) is 0.273. The number of benzene rings is 2. The van der Waals surface area contributed by atoms with Crippen molar-refractivity contribution in [2.75, 3.05) is 11.1 Å². The van der Waals surface area contributed by atoms with Gasteiger partial charge in [-0.2, -0.15) is 0 Å². The van der Waals surface area contributed by atoms with E-state index in [1.807, 2.05) is 19.1 Å². The lowest BCUT2D eigenvalue weighted by Crippen LogP contribution is -2.30. The van der Waals surface area contributed by atoms with Crippen molar-refractivity contribution in [3.63, 3.8) is 0 Å². The monoisotopic (exact) mass is 304 g/mol. The van der Waals surface area contributed by atoms with E-state index in [9.17, 15) is 4.79 Å². The van der Waals surface area contributed by atoms with E-state index in [0.717, 1.165) is 5.56 Å². The van der Waals surface area contributed by atoms with Gasteiger partial charge in [-0.05, 0) is 49.7 Å². The molecule has 2 rings (SSSR count). The molecule has 0 bridgehead atoms. The number of halogens is 1. The fourth-order valence-corrected chi connectivity index (χ4v) is 1.99. The van der Waals surface area contributed by atoms with Gasteiger partial charge in [-0.3, -0.25) is 4.79 Å². The van der Waals surface area contributed by atoms with Gasteiger partial charge >= 0.3 is 0 Å². The Morgan fingerprint density at radius 3 is 2.76 bits per heavy atom. The summed E-state index contributed by atoms with van der Waals surface area (Å²) >= 11 is 5.88. The first-order valence-electron chi connectivity index (χ1n) is 6.55. The van der Waals surface area contributed by atoms with Crippen LogP contribution in [0.1, 0.15) is 12.5 Å². The molecular weight excluding hydrogens is 288 g/mol. The molecule has 1 unspecified atom stereocenters. The quantitative estimate of drug-likeness (QED) is 0.848. The summed E-state index contributed by atoms with van der Waals surface area (Å²) in [5, 5.41) is 3.32. The number of nitrogens with one attached hydrogen (secondary N) is 1. The summed E-state index contributed by atoms with van der Waals surface area (Å²) in [6.45, 7) is 3.60. The number of carbonyl (C=O) groups excluding carboxylic acids is 1.